The molecule has 29 heavy (non-hydrogen) atoms. The molecule has 0 aliphatic carbocycles. The van der Waals surface area contributed by atoms with Crippen LogP contribution in [0.3, 0.4) is 0 Å². The number of rotatable bonds is 6. The Morgan fingerprint density at radius 2 is 1.83 bits per heavy atom. The van der Waals surface area contributed by atoms with Gasteiger partial charge in [0.05, 0.1) is 16.6 Å². The van der Waals surface area contributed by atoms with Gasteiger partial charge >= 0.3 is 6.18 Å². The van der Waals surface area contributed by atoms with E-state index in [0.717, 1.165) is 17.8 Å². The van der Waals surface area contributed by atoms with Crippen LogP contribution in [-0.2, 0) is 6.18 Å². The van der Waals surface area contributed by atoms with Crippen LogP contribution in [0.1, 0.15) is 29.3 Å². The highest BCUT2D eigenvalue weighted by atomic mass is 19.4. The zero-order valence-electron chi connectivity index (χ0n) is 15.9. The Labute approximate surface area is 165 Å². The molecule has 2 aromatic heterocycles. The van der Waals surface area contributed by atoms with Gasteiger partial charge in [-0.1, -0.05) is 25.1 Å². The first-order chi connectivity index (χ1) is 13.8. The van der Waals surface area contributed by atoms with Crippen LogP contribution in [-0.4, -0.2) is 45.4 Å². The highest BCUT2D eigenvalue weighted by Crippen LogP contribution is 2.28. The number of hydrogen-bond donors (Lipinski definition) is 1. The fourth-order valence-corrected chi connectivity index (χ4v) is 2.96. The molecular weight excluding hydrogens is 383 g/mol. The van der Waals surface area contributed by atoms with Crippen molar-refractivity contribution in [3.63, 3.8) is 0 Å². The van der Waals surface area contributed by atoms with E-state index >= 15 is 0 Å². The lowest BCUT2D eigenvalue weighted by Gasteiger charge is -2.28. The number of nitrogens with zero attached hydrogens (tertiary/aromatic N) is 4. The molecule has 1 unspecified atom stereocenters. The van der Waals surface area contributed by atoms with Gasteiger partial charge in [-0.2, -0.15) is 13.2 Å². The Hall–Kier alpha value is -3.23. The standard InChI is InChI=1S/C20H20F3N5O/c1-3-15(12-27-19-25-10-14(11-26-19)20(21,22)23)28(2)18(29)16-8-4-6-13-7-5-9-24-17(13)16/h4-11,15H,3,12H2,1-2H3,(H,25,26,27). The minimum atomic E-state index is -4.48. The quantitative estimate of drug-likeness (QED) is 0.674. The maximum Gasteiger partial charge on any atom is 0.419 e. The van der Waals surface area contributed by atoms with E-state index in [1.165, 1.54) is 0 Å². The third-order valence-corrected chi connectivity index (χ3v) is 4.68. The van der Waals surface area contributed by atoms with Crippen LogP contribution >= 0.6 is 0 Å². The smallest absolute Gasteiger partial charge is 0.352 e. The molecule has 9 heteroatoms. The van der Waals surface area contributed by atoms with Crippen molar-refractivity contribution >= 4 is 22.8 Å². The maximum atomic E-state index is 13.0. The lowest BCUT2D eigenvalue weighted by Crippen LogP contribution is -2.41. The number of amides is 1. The van der Waals surface area contributed by atoms with E-state index < -0.39 is 11.7 Å². The van der Waals surface area contributed by atoms with E-state index in [9.17, 15) is 18.0 Å². The van der Waals surface area contributed by atoms with E-state index in [1.807, 2.05) is 25.1 Å². The van der Waals surface area contributed by atoms with Crippen LogP contribution in [0.25, 0.3) is 10.9 Å². The second kappa shape index (κ2) is 8.42. The fourth-order valence-electron chi connectivity index (χ4n) is 2.96. The number of carbonyl (C=O) groups is 1. The lowest BCUT2D eigenvalue weighted by molar-refractivity contribution is -0.138. The van der Waals surface area contributed by atoms with Crippen LogP contribution in [0.15, 0.2) is 48.9 Å². The minimum Gasteiger partial charge on any atom is -0.352 e. The van der Waals surface area contributed by atoms with Crippen molar-refractivity contribution in [1.82, 2.24) is 19.9 Å². The maximum absolute atomic E-state index is 13.0. The fraction of sp³-hybridized carbons (Fsp3) is 0.300. The average Bonchev–Trinajstić information content (AvgIpc) is 2.72. The Bertz CT molecular complexity index is 986. The number of carbonyl (C=O) groups excluding carboxylic acids is 1. The van der Waals surface area contributed by atoms with Crippen molar-refractivity contribution in [3.05, 3.63) is 60.0 Å². The first-order valence-electron chi connectivity index (χ1n) is 9.05. The second-order valence-corrected chi connectivity index (χ2v) is 6.53. The summed E-state index contributed by atoms with van der Waals surface area (Å²) in [5.74, 6) is -0.111. The first kappa shape index (κ1) is 20.5. The molecule has 2 heterocycles. The molecule has 0 spiro atoms. The van der Waals surface area contributed by atoms with Crippen molar-refractivity contribution in [2.45, 2.75) is 25.6 Å². The summed E-state index contributed by atoms with van der Waals surface area (Å²) in [6.45, 7) is 2.22. The first-order valence-corrected chi connectivity index (χ1v) is 9.05. The number of alkyl halides is 3. The van der Waals surface area contributed by atoms with Gasteiger partial charge in [-0.25, -0.2) is 9.97 Å². The van der Waals surface area contributed by atoms with Gasteiger partial charge in [0.25, 0.3) is 5.91 Å². The normalized spacial score (nSPS) is 12.6. The van der Waals surface area contributed by atoms with Gasteiger partial charge in [0.2, 0.25) is 5.95 Å². The van der Waals surface area contributed by atoms with Gasteiger partial charge in [-0.05, 0) is 18.6 Å². The number of para-hydroxylation sites is 1. The molecule has 152 valence electrons. The summed E-state index contributed by atoms with van der Waals surface area (Å²) in [4.78, 5) is 26.3. The number of anilines is 1. The molecule has 6 nitrogen and oxygen atoms in total. The zero-order valence-corrected chi connectivity index (χ0v) is 15.9. The van der Waals surface area contributed by atoms with E-state index in [2.05, 4.69) is 20.3 Å². The number of benzene rings is 1. The molecule has 0 aliphatic rings. The number of halogens is 3. The van der Waals surface area contributed by atoms with Gasteiger partial charge < -0.3 is 10.2 Å². The zero-order chi connectivity index (χ0) is 21.0. The summed E-state index contributed by atoms with van der Waals surface area (Å²) in [6.07, 6.45) is -0.753. The minimum absolute atomic E-state index is 0.0733. The topological polar surface area (TPSA) is 71.0 Å². The van der Waals surface area contributed by atoms with E-state index in [-0.39, 0.29) is 17.9 Å². The van der Waals surface area contributed by atoms with Gasteiger partial charge in [0.15, 0.2) is 0 Å². The summed E-state index contributed by atoms with van der Waals surface area (Å²) in [5.41, 5.74) is 0.210. The Morgan fingerprint density at radius 3 is 2.48 bits per heavy atom. The molecule has 0 bridgehead atoms. The molecule has 1 aromatic carbocycles. The van der Waals surface area contributed by atoms with Gasteiger partial charge in [-0.3, -0.25) is 9.78 Å². The van der Waals surface area contributed by atoms with Crippen molar-refractivity contribution in [3.8, 4) is 0 Å². The van der Waals surface area contributed by atoms with Gasteiger partial charge in [-0.15, -0.1) is 0 Å². The molecule has 1 atom stereocenters. The molecule has 3 rings (SSSR count). The summed E-state index contributed by atoms with van der Waals surface area (Å²) < 4.78 is 37.8. The third kappa shape index (κ3) is 4.61. The van der Waals surface area contributed by atoms with Crippen molar-refractivity contribution in [2.75, 3.05) is 18.9 Å². The number of fused-ring (bicyclic) bond motifs is 1. The lowest BCUT2D eigenvalue weighted by atomic mass is 10.1. The summed E-state index contributed by atoms with van der Waals surface area (Å²) >= 11 is 0. The predicted octanol–water partition coefficient (Wildman–Crippen LogP) is 4.01. The Kier molecular flexibility index (Phi) is 5.95. The summed E-state index contributed by atoms with van der Waals surface area (Å²) in [7, 11) is 1.69. The number of aromatic nitrogens is 3. The molecule has 0 fully saturated rings. The monoisotopic (exact) mass is 403 g/mol. The highest BCUT2D eigenvalue weighted by Gasteiger charge is 2.31. The van der Waals surface area contributed by atoms with Crippen LogP contribution in [0.2, 0.25) is 0 Å². The van der Waals surface area contributed by atoms with Crippen LogP contribution in [0.5, 0.6) is 0 Å². The molecule has 0 aliphatic heterocycles. The average molecular weight is 403 g/mol. The molecule has 0 radical (unpaired) electrons. The molecule has 0 saturated heterocycles. The van der Waals surface area contributed by atoms with Crippen LogP contribution < -0.4 is 5.32 Å². The third-order valence-electron chi connectivity index (χ3n) is 4.68. The highest BCUT2D eigenvalue weighted by molar-refractivity contribution is 6.05. The number of hydrogen-bond acceptors (Lipinski definition) is 5. The van der Waals surface area contributed by atoms with Crippen molar-refractivity contribution in [2.24, 2.45) is 0 Å². The SMILES string of the molecule is CCC(CNc1ncc(C(F)(F)F)cn1)N(C)C(=O)c1cccc2cccnc12. The molecule has 0 saturated carbocycles. The van der Waals surface area contributed by atoms with Gasteiger partial charge in [0.1, 0.15) is 0 Å². The summed E-state index contributed by atoms with van der Waals surface area (Å²) in [5, 5.41) is 3.77. The number of likely N-dealkylation sites (N-methyl/N-ethyl adjacent to an activating group) is 1. The Morgan fingerprint density at radius 1 is 1.14 bits per heavy atom. The van der Waals surface area contributed by atoms with Crippen LogP contribution in [0.4, 0.5) is 19.1 Å². The van der Waals surface area contributed by atoms with E-state index in [1.54, 1.807) is 30.3 Å². The van der Waals surface area contributed by atoms with E-state index in [4.69, 9.17) is 0 Å². The van der Waals surface area contributed by atoms with E-state index in [0.29, 0.717) is 24.0 Å². The molecule has 1 amide bonds. The summed E-state index contributed by atoms with van der Waals surface area (Å²) in [6, 6.07) is 8.91. The van der Waals surface area contributed by atoms with Crippen molar-refractivity contribution in [1.29, 1.82) is 0 Å². The van der Waals surface area contributed by atoms with Gasteiger partial charge in [0, 0.05) is 43.6 Å². The van der Waals surface area contributed by atoms with Crippen molar-refractivity contribution < 1.29 is 18.0 Å². The number of pyridine rings is 1. The Balaban J connectivity index is 1.71. The molecular formula is C20H20F3N5O. The molecule has 3 aromatic rings. The largest absolute Gasteiger partial charge is 0.419 e. The van der Waals surface area contributed by atoms with Crippen LogP contribution in [0, 0.1) is 0 Å². The molecule has 1 N–H and O–H groups in total. The number of nitrogens with one attached hydrogen (secondary N) is 1. The second-order valence-electron chi connectivity index (χ2n) is 6.53. The predicted molar refractivity (Wildman–Crippen MR) is 103 cm³/mol.